The molecule has 3 fully saturated rings. The summed E-state index contributed by atoms with van der Waals surface area (Å²) in [5.74, 6) is 0.0906. The molecule has 3 N–H and O–H groups in total. The number of fused-ring (bicyclic) bond motifs is 1. The molecule has 0 spiro atoms. The van der Waals surface area contributed by atoms with Crippen LogP contribution in [0.4, 0.5) is 0 Å². The van der Waals surface area contributed by atoms with Crippen molar-refractivity contribution in [2.75, 3.05) is 13.2 Å². The van der Waals surface area contributed by atoms with Gasteiger partial charge in [-0.1, -0.05) is 13.8 Å². The van der Waals surface area contributed by atoms with Gasteiger partial charge in [0.25, 0.3) is 0 Å². The van der Waals surface area contributed by atoms with Gasteiger partial charge in [-0.25, -0.2) is 0 Å². The van der Waals surface area contributed by atoms with Crippen molar-refractivity contribution in [1.82, 2.24) is 5.32 Å². The van der Waals surface area contributed by atoms with Gasteiger partial charge in [-0.05, 0) is 26.7 Å². The second-order valence-corrected chi connectivity index (χ2v) is 7.41. The first-order chi connectivity index (χ1) is 9.23. The second-order valence-electron chi connectivity index (χ2n) is 7.41. The van der Waals surface area contributed by atoms with E-state index in [1.54, 1.807) is 0 Å². The molecule has 5 nitrogen and oxygen atoms in total. The van der Waals surface area contributed by atoms with Crippen molar-refractivity contribution >= 4 is 5.91 Å². The van der Waals surface area contributed by atoms with Gasteiger partial charge in [0, 0.05) is 24.5 Å². The van der Waals surface area contributed by atoms with Crippen molar-refractivity contribution in [1.29, 1.82) is 0 Å². The van der Waals surface area contributed by atoms with Crippen molar-refractivity contribution in [3.63, 3.8) is 0 Å². The first kappa shape index (κ1) is 14.3. The van der Waals surface area contributed by atoms with Gasteiger partial charge in [-0.15, -0.1) is 0 Å². The fraction of sp³-hybridized carbons (Fsp3) is 0.933. The zero-order valence-electron chi connectivity index (χ0n) is 12.9. The van der Waals surface area contributed by atoms with E-state index in [1.807, 2.05) is 27.7 Å². The average molecular weight is 282 g/mol. The van der Waals surface area contributed by atoms with Gasteiger partial charge in [-0.3, -0.25) is 4.79 Å². The number of carbonyl (C=O) groups excluding carboxylic acids is 1. The summed E-state index contributed by atoms with van der Waals surface area (Å²) in [5.41, 5.74) is 5.09. The summed E-state index contributed by atoms with van der Waals surface area (Å²) in [6.45, 7) is 9.52. The Hall–Kier alpha value is -0.650. The van der Waals surface area contributed by atoms with Gasteiger partial charge >= 0.3 is 0 Å². The summed E-state index contributed by atoms with van der Waals surface area (Å²) in [7, 11) is 0. The number of ether oxygens (including phenoxy) is 2. The minimum Gasteiger partial charge on any atom is -0.377 e. The van der Waals surface area contributed by atoms with Crippen molar-refractivity contribution in [3.8, 4) is 0 Å². The van der Waals surface area contributed by atoms with Crippen LogP contribution in [0.5, 0.6) is 0 Å². The van der Waals surface area contributed by atoms with E-state index in [0.29, 0.717) is 13.2 Å². The summed E-state index contributed by atoms with van der Waals surface area (Å²) in [5, 5.41) is 3.17. The highest BCUT2D eigenvalue weighted by atomic mass is 16.5. The van der Waals surface area contributed by atoms with Crippen molar-refractivity contribution in [2.45, 2.75) is 63.8 Å². The lowest BCUT2D eigenvalue weighted by Gasteiger charge is -2.61. The molecule has 0 aromatic rings. The quantitative estimate of drug-likeness (QED) is 0.786. The van der Waals surface area contributed by atoms with E-state index in [-0.39, 0.29) is 35.0 Å². The largest absolute Gasteiger partial charge is 0.377 e. The number of hydrogen-bond acceptors (Lipinski definition) is 4. The van der Waals surface area contributed by atoms with E-state index < -0.39 is 5.54 Å². The molecule has 3 aliphatic rings. The molecule has 2 aliphatic heterocycles. The molecular weight excluding hydrogens is 256 g/mol. The zero-order chi connectivity index (χ0) is 14.8. The minimum atomic E-state index is -0.834. The van der Waals surface area contributed by atoms with Gasteiger partial charge in [0.15, 0.2) is 0 Å². The van der Waals surface area contributed by atoms with Gasteiger partial charge in [0.1, 0.15) is 5.54 Å². The first-order valence-corrected chi connectivity index (χ1v) is 7.58. The van der Waals surface area contributed by atoms with Crippen LogP contribution < -0.4 is 11.1 Å². The van der Waals surface area contributed by atoms with E-state index in [4.69, 9.17) is 15.2 Å². The maximum atomic E-state index is 12.9. The molecule has 5 unspecified atom stereocenters. The number of nitrogens with two attached hydrogens (primary N) is 1. The van der Waals surface area contributed by atoms with E-state index in [2.05, 4.69) is 5.32 Å². The number of hydrogen-bond donors (Lipinski definition) is 2. The SMILES string of the molecule is CC1OCCC1(C)NC(=O)C1(N)C2CCOC2C1(C)C. The smallest absolute Gasteiger partial charge is 0.241 e. The van der Waals surface area contributed by atoms with Crippen LogP contribution >= 0.6 is 0 Å². The minimum absolute atomic E-state index is 0.0221. The Kier molecular flexibility index (Phi) is 2.99. The summed E-state index contributed by atoms with van der Waals surface area (Å²) in [6, 6.07) is 0. The van der Waals surface area contributed by atoms with Gasteiger partial charge < -0.3 is 20.5 Å². The number of amides is 1. The molecule has 2 heterocycles. The van der Waals surface area contributed by atoms with Gasteiger partial charge in [-0.2, -0.15) is 0 Å². The van der Waals surface area contributed by atoms with Crippen LogP contribution in [0.2, 0.25) is 0 Å². The van der Waals surface area contributed by atoms with Crippen LogP contribution in [0, 0.1) is 11.3 Å². The molecule has 0 aromatic carbocycles. The summed E-state index contributed by atoms with van der Waals surface area (Å²) >= 11 is 0. The van der Waals surface area contributed by atoms with Crippen LogP contribution in [-0.2, 0) is 14.3 Å². The van der Waals surface area contributed by atoms with Crippen molar-refractivity contribution in [2.24, 2.45) is 17.1 Å². The maximum absolute atomic E-state index is 12.9. The summed E-state index contributed by atoms with van der Waals surface area (Å²) in [6.07, 6.45) is 1.85. The molecule has 1 saturated carbocycles. The molecule has 0 bridgehead atoms. The Morgan fingerprint density at radius 3 is 2.55 bits per heavy atom. The third kappa shape index (κ3) is 1.57. The van der Waals surface area contributed by atoms with Crippen LogP contribution in [-0.4, -0.2) is 42.4 Å². The molecule has 5 heteroatoms. The highest BCUT2D eigenvalue weighted by Gasteiger charge is 2.71. The monoisotopic (exact) mass is 282 g/mol. The van der Waals surface area contributed by atoms with Crippen LogP contribution in [0.25, 0.3) is 0 Å². The maximum Gasteiger partial charge on any atom is 0.241 e. The van der Waals surface area contributed by atoms with Crippen LogP contribution in [0.3, 0.4) is 0 Å². The molecule has 0 aromatic heterocycles. The lowest BCUT2D eigenvalue weighted by Crippen LogP contribution is -2.81. The highest BCUT2D eigenvalue weighted by molar-refractivity contribution is 5.90. The second kappa shape index (κ2) is 4.18. The van der Waals surface area contributed by atoms with E-state index in [1.165, 1.54) is 0 Å². The normalized spacial score (nSPS) is 49.5. The molecule has 114 valence electrons. The Bertz CT molecular complexity index is 439. The number of rotatable bonds is 2. The lowest BCUT2D eigenvalue weighted by atomic mass is 9.47. The average Bonchev–Trinajstić information content (AvgIpc) is 2.96. The summed E-state index contributed by atoms with van der Waals surface area (Å²) in [4.78, 5) is 12.9. The van der Waals surface area contributed by atoms with Gasteiger partial charge in [0.05, 0.1) is 17.7 Å². The Labute approximate surface area is 120 Å². The molecule has 1 aliphatic carbocycles. The van der Waals surface area contributed by atoms with Crippen LogP contribution in [0.15, 0.2) is 0 Å². The van der Waals surface area contributed by atoms with E-state index >= 15 is 0 Å². The summed E-state index contributed by atoms with van der Waals surface area (Å²) < 4.78 is 11.3. The third-order valence-corrected chi connectivity index (χ3v) is 6.12. The standard InChI is InChI=1S/C15H26N2O3/c1-9-14(4,6-8-19-9)17-12(18)15(16)10-5-7-20-11(10)13(15,2)3/h9-11H,5-8,16H2,1-4H3,(H,17,18). The highest BCUT2D eigenvalue weighted by Crippen LogP contribution is 2.58. The number of carbonyl (C=O) groups is 1. The zero-order valence-corrected chi connectivity index (χ0v) is 12.9. The Morgan fingerprint density at radius 1 is 1.25 bits per heavy atom. The predicted molar refractivity (Wildman–Crippen MR) is 75.1 cm³/mol. The molecular formula is C15H26N2O3. The molecule has 5 atom stereocenters. The fourth-order valence-electron chi connectivity index (χ4n) is 4.21. The van der Waals surface area contributed by atoms with E-state index in [0.717, 1.165) is 12.8 Å². The topological polar surface area (TPSA) is 73.6 Å². The molecule has 20 heavy (non-hydrogen) atoms. The van der Waals surface area contributed by atoms with Crippen molar-refractivity contribution < 1.29 is 14.3 Å². The predicted octanol–water partition coefficient (Wildman–Crippen LogP) is 0.813. The molecule has 0 radical (unpaired) electrons. The molecule has 1 amide bonds. The lowest BCUT2D eigenvalue weighted by molar-refractivity contribution is -0.177. The Morgan fingerprint density at radius 2 is 1.95 bits per heavy atom. The molecule has 3 rings (SSSR count). The first-order valence-electron chi connectivity index (χ1n) is 7.58. The number of nitrogens with one attached hydrogen (secondary N) is 1. The Balaban J connectivity index is 1.80. The van der Waals surface area contributed by atoms with Crippen molar-refractivity contribution in [3.05, 3.63) is 0 Å². The third-order valence-electron chi connectivity index (χ3n) is 6.12. The fourth-order valence-corrected chi connectivity index (χ4v) is 4.21. The van der Waals surface area contributed by atoms with E-state index in [9.17, 15) is 4.79 Å². The molecule has 2 saturated heterocycles. The van der Waals surface area contributed by atoms with Crippen LogP contribution in [0.1, 0.15) is 40.5 Å². The van der Waals surface area contributed by atoms with Gasteiger partial charge in [0.2, 0.25) is 5.91 Å².